The molecule has 0 spiro atoms. The average Bonchev–Trinajstić information content (AvgIpc) is 2.31. The third kappa shape index (κ3) is 5.84. The number of nitrogens with one attached hydrogen (secondary N) is 2. The van der Waals surface area contributed by atoms with E-state index in [-0.39, 0.29) is 5.96 Å². The smallest absolute Gasteiger partial charge is 0.183 e. The molecular formula is C13H16N4. The molecule has 4 heteroatoms. The van der Waals surface area contributed by atoms with Gasteiger partial charge in [0, 0.05) is 11.4 Å². The van der Waals surface area contributed by atoms with Crippen LogP contribution < -0.4 is 16.8 Å². The highest BCUT2D eigenvalue weighted by atomic mass is 14.9. The van der Waals surface area contributed by atoms with E-state index < -0.39 is 0 Å². The minimum Gasteiger partial charge on any atom is -0.370 e. The van der Waals surface area contributed by atoms with Gasteiger partial charge in [-0.15, -0.1) is 0 Å². The van der Waals surface area contributed by atoms with Crippen LogP contribution in [0.5, 0.6) is 0 Å². The van der Waals surface area contributed by atoms with Crippen molar-refractivity contribution in [2.45, 2.75) is 0 Å². The summed E-state index contributed by atoms with van der Waals surface area (Å²) in [5.41, 5.74) is 11.2. The highest BCUT2D eigenvalue weighted by Crippen LogP contribution is 2.14. The summed E-state index contributed by atoms with van der Waals surface area (Å²) in [6, 6.07) is 20.3. The zero-order valence-electron chi connectivity index (χ0n) is 9.43. The molecule has 0 amide bonds. The summed E-state index contributed by atoms with van der Waals surface area (Å²) in [6.45, 7) is 0. The molecule has 4 nitrogen and oxygen atoms in total. The first-order valence-electron chi connectivity index (χ1n) is 5.15. The Bertz CT molecular complexity index is 398. The van der Waals surface area contributed by atoms with Crippen molar-refractivity contribution >= 4 is 17.3 Å². The predicted molar refractivity (Wildman–Crippen MR) is 72.3 cm³/mol. The van der Waals surface area contributed by atoms with Crippen LogP contribution in [0.1, 0.15) is 0 Å². The van der Waals surface area contributed by atoms with Crippen molar-refractivity contribution in [1.29, 1.82) is 5.41 Å². The van der Waals surface area contributed by atoms with Crippen LogP contribution in [-0.2, 0) is 0 Å². The van der Waals surface area contributed by atoms with Crippen molar-refractivity contribution in [1.82, 2.24) is 0 Å². The van der Waals surface area contributed by atoms with E-state index in [2.05, 4.69) is 16.8 Å². The number of guanidine groups is 1. The fraction of sp³-hybridized carbons (Fsp3) is 0. The van der Waals surface area contributed by atoms with Crippen LogP contribution in [0.4, 0.5) is 11.4 Å². The Morgan fingerprint density at radius 2 is 1.06 bits per heavy atom. The minimum atomic E-state index is -0.333. The molecule has 0 heterocycles. The second-order valence-electron chi connectivity index (χ2n) is 3.31. The third-order valence-electron chi connectivity index (χ3n) is 1.84. The lowest BCUT2D eigenvalue weighted by Crippen LogP contribution is -2.20. The summed E-state index contributed by atoms with van der Waals surface area (Å²) in [4.78, 5) is 0. The number of anilines is 2. The molecule has 0 aliphatic carbocycles. The van der Waals surface area contributed by atoms with Crippen LogP contribution in [0.15, 0.2) is 60.7 Å². The summed E-state index contributed by atoms with van der Waals surface area (Å²) in [5.74, 6) is -0.333. The Kier molecular flexibility index (Phi) is 5.10. The lowest BCUT2D eigenvalue weighted by atomic mass is 10.3. The van der Waals surface area contributed by atoms with E-state index in [0.29, 0.717) is 0 Å². The van der Waals surface area contributed by atoms with Gasteiger partial charge in [0.15, 0.2) is 5.96 Å². The molecule has 17 heavy (non-hydrogen) atoms. The number of benzene rings is 2. The number of hydrogen-bond acceptors (Lipinski definition) is 2. The SMILES string of the molecule is N=C(N)N.c1ccc(Nc2ccccc2)cc1. The van der Waals surface area contributed by atoms with Crippen LogP contribution in [0.25, 0.3) is 0 Å². The molecule has 0 saturated carbocycles. The Morgan fingerprint density at radius 3 is 1.35 bits per heavy atom. The zero-order chi connectivity index (χ0) is 12.5. The molecule has 0 unspecified atom stereocenters. The number of nitrogens with two attached hydrogens (primary N) is 2. The Morgan fingerprint density at radius 1 is 0.765 bits per heavy atom. The maximum absolute atomic E-state index is 6.06. The number of para-hydroxylation sites is 2. The topological polar surface area (TPSA) is 87.9 Å². The molecule has 0 atom stereocenters. The van der Waals surface area contributed by atoms with Crippen molar-refractivity contribution in [2.75, 3.05) is 5.32 Å². The van der Waals surface area contributed by atoms with Crippen LogP contribution in [0, 0.1) is 5.41 Å². The van der Waals surface area contributed by atoms with Crippen molar-refractivity contribution in [3.05, 3.63) is 60.7 Å². The molecule has 0 saturated heterocycles. The Labute approximate surface area is 101 Å². The van der Waals surface area contributed by atoms with Gasteiger partial charge in [0.05, 0.1) is 0 Å². The summed E-state index contributed by atoms with van der Waals surface area (Å²) in [6.07, 6.45) is 0. The van der Waals surface area contributed by atoms with Gasteiger partial charge < -0.3 is 16.8 Å². The van der Waals surface area contributed by atoms with Crippen molar-refractivity contribution < 1.29 is 0 Å². The molecule has 0 radical (unpaired) electrons. The first-order valence-corrected chi connectivity index (χ1v) is 5.15. The van der Waals surface area contributed by atoms with Gasteiger partial charge in [-0.25, -0.2) is 0 Å². The lowest BCUT2D eigenvalue weighted by molar-refractivity contribution is 1.39. The van der Waals surface area contributed by atoms with E-state index in [0.717, 1.165) is 11.4 Å². The van der Waals surface area contributed by atoms with Crippen LogP contribution in [0.2, 0.25) is 0 Å². The van der Waals surface area contributed by atoms with Gasteiger partial charge in [0.1, 0.15) is 0 Å². The monoisotopic (exact) mass is 228 g/mol. The zero-order valence-corrected chi connectivity index (χ0v) is 9.43. The Hall–Kier alpha value is -2.49. The molecule has 2 aromatic carbocycles. The molecule has 88 valence electrons. The summed E-state index contributed by atoms with van der Waals surface area (Å²) in [5, 5.41) is 9.36. The summed E-state index contributed by atoms with van der Waals surface area (Å²) < 4.78 is 0. The minimum absolute atomic E-state index is 0.333. The van der Waals surface area contributed by atoms with E-state index in [1.807, 2.05) is 60.7 Å². The van der Waals surface area contributed by atoms with Gasteiger partial charge in [-0.05, 0) is 24.3 Å². The van der Waals surface area contributed by atoms with Crippen LogP contribution in [-0.4, -0.2) is 5.96 Å². The molecule has 6 N–H and O–H groups in total. The van der Waals surface area contributed by atoms with Gasteiger partial charge in [0.25, 0.3) is 0 Å². The van der Waals surface area contributed by atoms with Gasteiger partial charge in [-0.3, -0.25) is 5.41 Å². The molecule has 0 fully saturated rings. The van der Waals surface area contributed by atoms with Crippen molar-refractivity contribution in [3.8, 4) is 0 Å². The van der Waals surface area contributed by atoms with E-state index >= 15 is 0 Å². The maximum atomic E-state index is 6.06. The first-order chi connectivity index (χ1) is 8.18. The second-order valence-corrected chi connectivity index (χ2v) is 3.31. The Balaban J connectivity index is 0.000000317. The first kappa shape index (κ1) is 12.6. The molecule has 0 aliphatic rings. The van der Waals surface area contributed by atoms with E-state index in [9.17, 15) is 0 Å². The number of rotatable bonds is 2. The molecule has 2 rings (SSSR count). The number of hydrogen-bond donors (Lipinski definition) is 4. The van der Waals surface area contributed by atoms with E-state index in [1.165, 1.54) is 0 Å². The van der Waals surface area contributed by atoms with Gasteiger partial charge >= 0.3 is 0 Å². The van der Waals surface area contributed by atoms with E-state index in [4.69, 9.17) is 5.41 Å². The normalized spacial score (nSPS) is 8.71. The summed E-state index contributed by atoms with van der Waals surface area (Å²) >= 11 is 0. The standard InChI is InChI=1S/C12H11N.CH5N3/c1-3-7-11(8-4-1)13-12-9-5-2-6-10-12;2-1(3)4/h1-10,13H;(H5,2,3,4). The fourth-order valence-corrected chi connectivity index (χ4v) is 1.21. The fourth-order valence-electron chi connectivity index (χ4n) is 1.21. The van der Waals surface area contributed by atoms with Crippen molar-refractivity contribution in [2.24, 2.45) is 11.5 Å². The van der Waals surface area contributed by atoms with Crippen LogP contribution >= 0.6 is 0 Å². The third-order valence-corrected chi connectivity index (χ3v) is 1.84. The summed E-state index contributed by atoms with van der Waals surface area (Å²) in [7, 11) is 0. The van der Waals surface area contributed by atoms with E-state index in [1.54, 1.807) is 0 Å². The maximum Gasteiger partial charge on any atom is 0.183 e. The van der Waals surface area contributed by atoms with Crippen molar-refractivity contribution in [3.63, 3.8) is 0 Å². The quantitative estimate of drug-likeness (QED) is 0.469. The molecular weight excluding hydrogens is 212 g/mol. The molecule has 2 aromatic rings. The van der Waals surface area contributed by atoms with Gasteiger partial charge in [-0.2, -0.15) is 0 Å². The molecule has 0 aliphatic heterocycles. The van der Waals surface area contributed by atoms with Gasteiger partial charge in [0.2, 0.25) is 0 Å². The highest BCUT2D eigenvalue weighted by molar-refractivity contribution is 5.71. The highest BCUT2D eigenvalue weighted by Gasteiger charge is 1.89. The largest absolute Gasteiger partial charge is 0.370 e. The van der Waals surface area contributed by atoms with Gasteiger partial charge in [-0.1, -0.05) is 36.4 Å². The second kappa shape index (κ2) is 6.90. The lowest BCUT2D eigenvalue weighted by Gasteiger charge is -2.04. The van der Waals surface area contributed by atoms with Crippen LogP contribution in [0.3, 0.4) is 0 Å². The molecule has 0 aromatic heterocycles. The average molecular weight is 228 g/mol. The predicted octanol–water partition coefficient (Wildman–Crippen LogP) is 2.27. The molecule has 0 bridgehead atoms.